The van der Waals surface area contributed by atoms with Gasteiger partial charge >= 0.3 is 5.69 Å². The molecular formula is C20H23N5O3S. The summed E-state index contributed by atoms with van der Waals surface area (Å²) < 4.78 is 1.25. The van der Waals surface area contributed by atoms with E-state index in [1.165, 1.54) is 16.5 Å². The molecule has 29 heavy (non-hydrogen) atoms. The molecule has 0 saturated carbocycles. The standard InChI is InChI=1S/C20H23N5O3S/c1-12-9-15(16-17(21-12)24(2)20(28)23-19(16)27)18(26)22-13-5-3-7-25(10-13)11-14-6-4-8-29-14/h4,6,8-9,13H,3,5,7,10-11H2,1-2H3,(H,22,26)(H,23,27,28)/t13-/m1/s1. The molecule has 1 atom stereocenters. The Labute approximate surface area is 171 Å². The van der Waals surface area contributed by atoms with Gasteiger partial charge < -0.3 is 5.32 Å². The number of H-pyrrole nitrogens is 1. The highest BCUT2D eigenvalue weighted by atomic mass is 32.1. The smallest absolute Gasteiger partial charge is 0.329 e. The van der Waals surface area contributed by atoms with Gasteiger partial charge in [0.05, 0.1) is 10.9 Å². The van der Waals surface area contributed by atoms with Gasteiger partial charge in [0, 0.05) is 36.8 Å². The van der Waals surface area contributed by atoms with Gasteiger partial charge in [0.1, 0.15) is 5.65 Å². The monoisotopic (exact) mass is 413 g/mol. The van der Waals surface area contributed by atoms with Crippen molar-refractivity contribution in [2.75, 3.05) is 13.1 Å². The van der Waals surface area contributed by atoms with Gasteiger partial charge in [0.25, 0.3) is 11.5 Å². The number of likely N-dealkylation sites (tertiary alicyclic amines) is 1. The second-order valence-corrected chi connectivity index (χ2v) is 8.49. The van der Waals surface area contributed by atoms with Crippen LogP contribution in [0.4, 0.5) is 0 Å². The molecule has 8 nitrogen and oxygen atoms in total. The minimum atomic E-state index is -0.594. The van der Waals surface area contributed by atoms with Crippen LogP contribution in [-0.2, 0) is 13.6 Å². The summed E-state index contributed by atoms with van der Waals surface area (Å²) >= 11 is 1.73. The van der Waals surface area contributed by atoms with E-state index in [-0.39, 0.29) is 28.5 Å². The van der Waals surface area contributed by atoms with E-state index in [0.717, 1.165) is 32.5 Å². The van der Waals surface area contributed by atoms with Crippen LogP contribution in [0.25, 0.3) is 11.0 Å². The van der Waals surface area contributed by atoms with Gasteiger partial charge in [0.2, 0.25) is 0 Å². The van der Waals surface area contributed by atoms with Gasteiger partial charge in [0.15, 0.2) is 0 Å². The predicted octanol–water partition coefficient (Wildman–Crippen LogP) is 1.39. The van der Waals surface area contributed by atoms with Crippen LogP contribution in [-0.4, -0.2) is 44.5 Å². The van der Waals surface area contributed by atoms with Crippen LogP contribution >= 0.6 is 11.3 Å². The quantitative estimate of drug-likeness (QED) is 0.673. The topological polar surface area (TPSA) is 100 Å². The summed E-state index contributed by atoms with van der Waals surface area (Å²) in [5, 5.41) is 5.29. The normalized spacial score (nSPS) is 17.5. The van der Waals surface area contributed by atoms with Crippen molar-refractivity contribution in [2.45, 2.75) is 32.4 Å². The molecule has 1 saturated heterocycles. The Hall–Kier alpha value is -2.78. The summed E-state index contributed by atoms with van der Waals surface area (Å²) in [7, 11) is 1.53. The Morgan fingerprint density at radius 1 is 1.41 bits per heavy atom. The van der Waals surface area contributed by atoms with Gasteiger partial charge in [-0.3, -0.25) is 24.0 Å². The number of piperidine rings is 1. The number of nitrogens with zero attached hydrogens (tertiary/aromatic N) is 3. The minimum Gasteiger partial charge on any atom is -0.348 e. The lowest BCUT2D eigenvalue weighted by molar-refractivity contribution is 0.0902. The zero-order valence-electron chi connectivity index (χ0n) is 16.4. The number of carbonyl (C=O) groups excluding carboxylic acids is 1. The molecule has 1 amide bonds. The molecule has 0 spiro atoms. The number of thiophene rings is 1. The molecule has 1 aliphatic rings. The molecule has 9 heteroatoms. The number of amides is 1. The number of aromatic amines is 1. The first-order valence-electron chi connectivity index (χ1n) is 9.58. The predicted molar refractivity (Wildman–Crippen MR) is 112 cm³/mol. The highest BCUT2D eigenvalue weighted by Gasteiger charge is 2.24. The van der Waals surface area contributed by atoms with Crippen molar-refractivity contribution < 1.29 is 4.79 Å². The van der Waals surface area contributed by atoms with E-state index in [0.29, 0.717) is 5.69 Å². The number of carbonyl (C=O) groups is 1. The molecule has 4 rings (SSSR count). The Morgan fingerprint density at radius 2 is 2.24 bits per heavy atom. The maximum Gasteiger partial charge on any atom is 0.329 e. The molecule has 152 valence electrons. The van der Waals surface area contributed by atoms with Crippen LogP contribution in [0.1, 0.15) is 33.8 Å². The summed E-state index contributed by atoms with van der Waals surface area (Å²) in [6.45, 7) is 4.39. The second-order valence-electron chi connectivity index (χ2n) is 7.46. The van der Waals surface area contributed by atoms with Crippen molar-refractivity contribution in [1.29, 1.82) is 0 Å². The van der Waals surface area contributed by atoms with Crippen LogP contribution in [0.2, 0.25) is 0 Å². The summed E-state index contributed by atoms with van der Waals surface area (Å²) in [5.41, 5.74) is -0.106. The molecule has 2 N–H and O–H groups in total. The van der Waals surface area contributed by atoms with Gasteiger partial charge in [-0.05, 0) is 43.8 Å². The third-order valence-corrected chi connectivity index (χ3v) is 6.10. The molecule has 4 heterocycles. The van der Waals surface area contributed by atoms with Crippen molar-refractivity contribution in [1.82, 2.24) is 24.8 Å². The maximum atomic E-state index is 13.1. The first kappa shape index (κ1) is 19.5. The molecule has 3 aromatic rings. The molecule has 1 aliphatic heterocycles. The maximum absolute atomic E-state index is 13.1. The van der Waals surface area contributed by atoms with E-state index >= 15 is 0 Å². The SMILES string of the molecule is Cc1cc(C(=O)N[C@@H]2CCCN(Cc3cccs3)C2)c2c(=O)[nH]c(=O)n(C)c2n1. The third-order valence-electron chi connectivity index (χ3n) is 5.24. The zero-order valence-corrected chi connectivity index (χ0v) is 17.2. The van der Waals surface area contributed by atoms with E-state index in [9.17, 15) is 14.4 Å². The summed E-state index contributed by atoms with van der Waals surface area (Å²) in [5.74, 6) is -0.312. The molecule has 0 aromatic carbocycles. The highest BCUT2D eigenvalue weighted by Crippen LogP contribution is 2.18. The number of rotatable bonds is 4. The Bertz CT molecular complexity index is 1170. The van der Waals surface area contributed by atoms with Crippen molar-refractivity contribution in [2.24, 2.45) is 7.05 Å². The lowest BCUT2D eigenvalue weighted by atomic mass is 10.0. The van der Waals surface area contributed by atoms with Crippen molar-refractivity contribution in [3.05, 3.63) is 60.6 Å². The van der Waals surface area contributed by atoms with E-state index in [2.05, 4.69) is 31.6 Å². The molecule has 1 fully saturated rings. The molecular weight excluding hydrogens is 390 g/mol. The van der Waals surface area contributed by atoms with Crippen LogP contribution < -0.4 is 16.6 Å². The van der Waals surface area contributed by atoms with Crippen molar-refractivity contribution in [3.63, 3.8) is 0 Å². The summed E-state index contributed by atoms with van der Waals surface area (Å²) in [6.07, 6.45) is 1.89. The van der Waals surface area contributed by atoms with Crippen molar-refractivity contribution >= 4 is 28.3 Å². The van der Waals surface area contributed by atoms with Gasteiger partial charge in [-0.2, -0.15) is 0 Å². The zero-order chi connectivity index (χ0) is 20.5. The molecule has 0 aliphatic carbocycles. The van der Waals surface area contributed by atoms with E-state index < -0.39 is 11.2 Å². The average molecular weight is 414 g/mol. The Kier molecular flexibility index (Phi) is 5.33. The van der Waals surface area contributed by atoms with Crippen LogP contribution in [0.3, 0.4) is 0 Å². The number of aryl methyl sites for hydroxylation is 2. The van der Waals surface area contributed by atoms with Crippen LogP contribution in [0.15, 0.2) is 33.2 Å². The fraction of sp³-hybridized carbons (Fsp3) is 0.400. The summed E-state index contributed by atoms with van der Waals surface area (Å²) in [6, 6.07) is 5.77. The van der Waals surface area contributed by atoms with Gasteiger partial charge in [-0.15, -0.1) is 11.3 Å². The van der Waals surface area contributed by atoms with E-state index in [1.807, 2.05) is 6.07 Å². The van der Waals surface area contributed by atoms with Crippen molar-refractivity contribution in [3.8, 4) is 0 Å². The number of hydrogen-bond acceptors (Lipinski definition) is 6. The van der Waals surface area contributed by atoms with Crippen LogP contribution in [0, 0.1) is 6.92 Å². The van der Waals surface area contributed by atoms with Crippen LogP contribution in [0.5, 0.6) is 0 Å². The number of aromatic nitrogens is 3. The lowest BCUT2D eigenvalue weighted by Gasteiger charge is -2.32. The number of pyridine rings is 1. The van der Waals surface area contributed by atoms with Gasteiger partial charge in [-0.25, -0.2) is 9.78 Å². The fourth-order valence-electron chi connectivity index (χ4n) is 3.85. The van der Waals surface area contributed by atoms with E-state index in [1.54, 1.807) is 24.3 Å². The Morgan fingerprint density at radius 3 is 3.00 bits per heavy atom. The second kappa shape index (κ2) is 7.92. The molecule has 0 bridgehead atoms. The Balaban J connectivity index is 1.58. The first-order valence-corrected chi connectivity index (χ1v) is 10.5. The number of fused-ring (bicyclic) bond motifs is 1. The largest absolute Gasteiger partial charge is 0.348 e. The lowest BCUT2D eigenvalue weighted by Crippen LogP contribution is -2.47. The highest BCUT2D eigenvalue weighted by molar-refractivity contribution is 7.09. The molecule has 0 radical (unpaired) electrons. The minimum absolute atomic E-state index is 0.00588. The first-order chi connectivity index (χ1) is 13.9. The number of hydrogen-bond donors (Lipinski definition) is 2. The summed E-state index contributed by atoms with van der Waals surface area (Å²) in [4.78, 5) is 47.6. The molecule has 3 aromatic heterocycles. The fourth-order valence-corrected chi connectivity index (χ4v) is 4.59. The number of nitrogens with one attached hydrogen (secondary N) is 2. The third kappa shape index (κ3) is 4.01. The van der Waals surface area contributed by atoms with E-state index in [4.69, 9.17) is 0 Å². The molecule has 0 unspecified atom stereocenters. The van der Waals surface area contributed by atoms with Gasteiger partial charge in [-0.1, -0.05) is 6.07 Å². The average Bonchev–Trinajstić information content (AvgIpc) is 3.18.